The van der Waals surface area contributed by atoms with Gasteiger partial charge >= 0.3 is 0 Å². The average Bonchev–Trinajstić information content (AvgIpc) is 3.24. The molecule has 1 unspecified atom stereocenters. The highest BCUT2D eigenvalue weighted by atomic mass is 16.2. The topological polar surface area (TPSA) is 77.7 Å². The van der Waals surface area contributed by atoms with Gasteiger partial charge in [0.15, 0.2) is 0 Å². The number of likely N-dealkylation sites (tertiary alicyclic amines) is 1. The zero-order chi connectivity index (χ0) is 14.9. The molecule has 4 rings (SSSR count). The number of nitrogens with one attached hydrogen (secondary N) is 2. The molecule has 1 fully saturated rings. The molecule has 0 radical (unpaired) electrons. The van der Waals surface area contributed by atoms with E-state index < -0.39 is 0 Å². The minimum atomic E-state index is -0.00864. The van der Waals surface area contributed by atoms with Gasteiger partial charge in [-0.05, 0) is 43.5 Å². The van der Waals surface area contributed by atoms with E-state index in [0.717, 1.165) is 48.1 Å². The quantitative estimate of drug-likeness (QED) is 0.763. The molecule has 0 bridgehead atoms. The third-order valence-electron chi connectivity index (χ3n) is 4.31. The molecule has 0 saturated carbocycles. The summed E-state index contributed by atoms with van der Waals surface area (Å²) >= 11 is 0. The monoisotopic (exact) mass is 295 g/mol. The molecule has 112 valence electrons. The molecule has 1 aromatic carbocycles. The van der Waals surface area contributed by atoms with Crippen LogP contribution < -0.4 is 0 Å². The number of carbonyl (C=O) groups is 1. The van der Waals surface area contributed by atoms with Gasteiger partial charge in [-0.2, -0.15) is 5.10 Å². The van der Waals surface area contributed by atoms with Crippen molar-refractivity contribution in [3.63, 3.8) is 0 Å². The van der Waals surface area contributed by atoms with Gasteiger partial charge in [-0.15, -0.1) is 0 Å². The van der Waals surface area contributed by atoms with Crippen LogP contribution in [0.15, 0.2) is 36.8 Å². The van der Waals surface area contributed by atoms with Crippen molar-refractivity contribution in [3.05, 3.63) is 48.2 Å². The van der Waals surface area contributed by atoms with E-state index in [1.807, 2.05) is 35.4 Å². The van der Waals surface area contributed by atoms with Crippen molar-refractivity contribution >= 4 is 16.8 Å². The van der Waals surface area contributed by atoms with Gasteiger partial charge < -0.3 is 9.88 Å². The molecule has 3 heterocycles. The summed E-state index contributed by atoms with van der Waals surface area (Å²) in [5, 5.41) is 7.88. The second kappa shape index (κ2) is 5.29. The Kier molecular flexibility index (Phi) is 3.14. The summed E-state index contributed by atoms with van der Waals surface area (Å²) in [5.41, 5.74) is 1.76. The maximum atomic E-state index is 12.9. The third-order valence-corrected chi connectivity index (χ3v) is 4.31. The van der Waals surface area contributed by atoms with Crippen molar-refractivity contribution in [3.8, 4) is 0 Å². The van der Waals surface area contributed by atoms with Crippen LogP contribution in [0.25, 0.3) is 10.9 Å². The largest absolute Gasteiger partial charge is 0.361 e. The van der Waals surface area contributed by atoms with E-state index in [4.69, 9.17) is 0 Å². The maximum absolute atomic E-state index is 12.9. The van der Waals surface area contributed by atoms with E-state index in [0.29, 0.717) is 0 Å². The number of rotatable bonds is 2. The van der Waals surface area contributed by atoms with Gasteiger partial charge in [0.2, 0.25) is 0 Å². The molecular weight excluding hydrogens is 278 g/mol. The molecule has 1 atom stereocenters. The second-order valence-electron chi connectivity index (χ2n) is 5.66. The van der Waals surface area contributed by atoms with E-state index in [1.165, 1.54) is 6.33 Å². The minimum absolute atomic E-state index is 0.00864. The Morgan fingerprint density at radius 3 is 3.09 bits per heavy atom. The van der Waals surface area contributed by atoms with Crippen LogP contribution in [0.4, 0.5) is 0 Å². The lowest BCUT2D eigenvalue weighted by atomic mass is 10.00. The van der Waals surface area contributed by atoms with Gasteiger partial charge in [-0.1, -0.05) is 0 Å². The molecule has 1 aliphatic heterocycles. The van der Waals surface area contributed by atoms with Gasteiger partial charge in [0.05, 0.1) is 6.04 Å². The molecule has 1 amide bonds. The number of carbonyl (C=O) groups excluding carboxylic acids is 1. The van der Waals surface area contributed by atoms with Crippen LogP contribution in [0.5, 0.6) is 0 Å². The summed E-state index contributed by atoms with van der Waals surface area (Å²) < 4.78 is 0. The number of amides is 1. The highest BCUT2D eigenvalue weighted by Gasteiger charge is 2.30. The predicted molar refractivity (Wildman–Crippen MR) is 82.3 cm³/mol. The first-order chi connectivity index (χ1) is 10.8. The van der Waals surface area contributed by atoms with E-state index >= 15 is 0 Å². The Bertz CT molecular complexity index is 792. The number of hydrogen-bond acceptors (Lipinski definition) is 3. The van der Waals surface area contributed by atoms with E-state index in [-0.39, 0.29) is 11.9 Å². The zero-order valence-electron chi connectivity index (χ0n) is 12.1. The van der Waals surface area contributed by atoms with Crippen molar-refractivity contribution < 1.29 is 4.79 Å². The van der Waals surface area contributed by atoms with Crippen LogP contribution >= 0.6 is 0 Å². The third kappa shape index (κ3) is 2.16. The highest BCUT2D eigenvalue weighted by molar-refractivity contribution is 5.98. The van der Waals surface area contributed by atoms with Crippen molar-refractivity contribution in [1.82, 2.24) is 25.1 Å². The Balaban J connectivity index is 1.67. The van der Waals surface area contributed by atoms with E-state index in [2.05, 4.69) is 20.2 Å². The summed E-state index contributed by atoms with van der Waals surface area (Å²) in [7, 11) is 0. The summed E-state index contributed by atoms with van der Waals surface area (Å²) in [6, 6.07) is 7.75. The van der Waals surface area contributed by atoms with Gasteiger partial charge in [0.25, 0.3) is 5.91 Å². The lowest BCUT2D eigenvalue weighted by Crippen LogP contribution is -2.39. The summed E-state index contributed by atoms with van der Waals surface area (Å²) in [5.74, 6) is 0.833. The number of nitrogens with zero attached hydrogens (tertiary/aromatic N) is 3. The highest BCUT2D eigenvalue weighted by Crippen LogP contribution is 2.30. The fourth-order valence-electron chi connectivity index (χ4n) is 3.19. The summed E-state index contributed by atoms with van der Waals surface area (Å²) in [6.07, 6.45) is 6.44. The van der Waals surface area contributed by atoms with Gasteiger partial charge in [-0.25, -0.2) is 4.98 Å². The van der Waals surface area contributed by atoms with Crippen LogP contribution in [0.3, 0.4) is 0 Å². The van der Waals surface area contributed by atoms with E-state index in [9.17, 15) is 4.79 Å². The standard InChI is InChI=1S/C16H17N5O/c22-16(12-4-5-13-11(9-12)6-7-17-13)21-8-2-1-3-14(21)15-18-10-19-20-15/h4-7,9-10,14,17H,1-3,8H2,(H,18,19,20). The Morgan fingerprint density at radius 2 is 2.23 bits per heavy atom. The molecule has 1 saturated heterocycles. The van der Waals surface area contributed by atoms with Crippen LogP contribution in [0.1, 0.15) is 41.5 Å². The van der Waals surface area contributed by atoms with Crippen LogP contribution in [0, 0.1) is 0 Å². The maximum Gasteiger partial charge on any atom is 0.254 e. The first kappa shape index (κ1) is 13.1. The molecular formula is C16H17N5O. The number of benzene rings is 1. The molecule has 2 aromatic heterocycles. The average molecular weight is 295 g/mol. The number of aromatic nitrogens is 4. The number of piperidine rings is 1. The van der Waals surface area contributed by atoms with Crippen molar-refractivity contribution in [2.45, 2.75) is 25.3 Å². The van der Waals surface area contributed by atoms with Crippen molar-refractivity contribution in [2.75, 3.05) is 6.54 Å². The molecule has 1 aliphatic rings. The number of hydrogen-bond donors (Lipinski definition) is 2. The van der Waals surface area contributed by atoms with Crippen LogP contribution in [-0.2, 0) is 0 Å². The minimum Gasteiger partial charge on any atom is -0.361 e. The Labute approximate surface area is 127 Å². The number of fused-ring (bicyclic) bond motifs is 1. The lowest BCUT2D eigenvalue weighted by Gasteiger charge is -2.34. The summed E-state index contributed by atoms with van der Waals surface area (Å²) in [6.45, 7) is 0.759. The molecule has 6 nitrogen and oxygen atoms in total. The molecule has 2 N–H and O–H groups in total. The normalized spacial score (nSPS) is 18.7. The fraction of sp³-hybridized carbons (Fsp3) is 0.312. The zero-order valence-corrected chi connectivity index (χ0v) is 12.1. The van der Waals surface area contributed by atoms with Gasteiger partial charge in [-0.3, -0.25) is 9.89 Å². The summed E-state index contributed by atoms with van der Waals surface area (Å²) in [4.78, 5) is 22.2. The fourth-order valence-corrected chi connectivity index (χ4v) is 3.19. The van der Waals surface area contributed by atoms with Gasteiger partial charge in [0.1, 0.15) is 12.2 Å². The molecule has 0 spiro atoms. The smallest absolute Gasteiger partial charge is 0.254 e. The second-order valence-corrected chi connectivity index (χ2v) is 5.66. The van der Waals surface area contributed by atoms with Crippen molar-refractivity contribution in [2.24, 2.45) is 0 Å². The number of H-pyrrole nitrogens is 2. The van der Waals surface area contributed by atoms with Crippen LogP contribution in [0.2, 0.25) is 0 Å². The first-order valence-electron chi connectivity index (χ1n) is 7.56. The van der Waals surface area contributed by atoms with Crippen LogP contribution in [-0.4, -0.2) is 37.5 Å². The predicted octanol–water partition coefficient (Wildman–Crippen LogP) is 2.65. The molecule has 6 heteroatoms. The Morgan fingerprint density at radius 1 is 1.27 bits per heavy atom. The van der Waals surface area contributed by atoms with Gasteiger partial charge in [0, 0.05) is 29.2 Å². The molecule has 3 aromatic rings. The first-order valence-corrected chi connectivity index (χ1v) is 7.56. The van der Waals surface area contributed by atoms with E-state index in [1.54, 1.807) is 0 Å². The number of aromatic amines is 2. The molecule has 0 aliphatic carbocycles. The SMILES string of the molecule is O=C(c1ccc2[nH]ccc2c1)N1CCCCC1c1ncn[nH]1. The molecule has 22 heavy (non-hydrogen) atoms. The van der Waals surface area contributed by atoms with Crippen molar-refractivity contribution in [1.29, 1.82) is 0 Å². The Hall–Kier alpha value is -2.63. The lowest BCUT2D eigenvalue weighted by molar-refractivity contribution is 0.0600.